The number of carbonyl (C=O) groups is 2. The van der Waals surface area contributed by atoms with Gasteiger partial charge in [0.15, 0.2) is 0 Å². The Hall–Kier alpha value is -0.290. The lowest BCUT2D eigenvalue weighted by Crippen LogP contribution is -3.98. The Labute approximate surface area is 76.2 Å². The molecular weight excluding hydrogens is 285 g/mol. The highest BCUT2D eigenvalue weighted by Gasteiger charge is 2.26. The number of imide groups is 1. The minimum Gasteiger partial charge on any atom is -0.396 e. The fraction of sp³-hybridized carbons (Fsp3) is 0.500. The first-order valence-electron chi connectivity index (χ1n) is 2.74. The number of carbonyl (C=O) groups excluding carboxylic acids is 2. The maximum absolute atomic E-state index is 10.2. The molecule has 1 heterocycles. The number of rotatable bonds is 0. The molecule has 1 fully saturated rings. The second-order valence-electron chi connectivity index (χ2n) is 1.80. The number of hydrogen-bond acceptors (Lipinski definition) is 6. The minimum absolute atomic E-state index is 0.148. The number of amides is 2. The summed E-state index contributed by atoms with van der Waals surface area (Å²) in [6.07, 6.45) is 0.296. The van der Waals surface area contributed by atoms with Gasteiger partial charge in [-0.3, -0.25) is 14.8 Å². The summed E-state index contributed by atoms with van der Waals surface area (Å²) < 4.78 is 24.5. The van der Waals surface area contributed by atoms with E-state index >= 15 is 0 Å². The molecule has 0 atom stereocenters. The standard InChI is InChI=1S/C4H5NO3.HIO3/c6-3-1-2-4(7)5(3)8;2-1(3)4/h8H,1-2H2;2H. The second-order valence-corrected chi connectivity index (χ2v) is 2.95. The molecule has 1 aliphatic heterocycles. The van der Waals surface area contributed by atoms with E-state index in [1.807, 2.05) is 0 Å². The largest absolute Gasteiger partial charge is 0.503 e. The van der Waals surface area contributed by atoms with Crippen LogP contribution in [0.4, 0.5) is 0 Å². The van der Waals surface area contributed by atoms with Crippen molar-refractivity contribution in [1.82, 2.24) is 5.06 Å². The van der Waals surface area contributed by atoms with Gasteiger partial charge in [-0.25, -0.2) is 0 Å². The third-order valence-electron chi connectivity index (χ3n) is 1.03. The van der Waals surface area contributed by atoms with Crippen LogP contribution in [0, 0.1) is 0 Å². The average molecular weight is 291 g/mol. The van der Waals surface area contributed by atoms with E-state index in [1.165, 1.54) is 0 Å². The molecular formula is C4H6INO6. The molecule has 0 aliphatic carbocycles. The van der Waals surface area contributed by atoms with E-state index in [1.54, 1.807) is 0 Å². The first kappa shape index (κ1) is 11.7. The zero-order valence-electron chi connectivity index (χ0n) is 5.77. The van der Waals surface area contributed by atoms with Crippen molar-refractivity contribution in [2.24, 2.45) is 0 Å². The summed E-state index contributed by atoms with van der Waals surface area (Å²) in [4.78, 5) is 20.5. The van der Waals surface area contributed by atoms with Gasteiger partial charge in [-0.1, -0.05) is 0 Å². The Balaban J connectivity index is 0.000000261. The van der Waals surface area contributed by atoms with Gasteiger partial charge in [-0.05, 0) is 3.44 Å². The van der Waals surface area contributed by atoms with Crippen LogP contribution in [0.15, 0.2) is 0 Å². The van der Waals surface area contributed by atoms with E-state index in [-0.39, 0.29) is 17.9 Å². The maximum Gasteiger partial charge on any atom is 0.503 e. The number of nitrogens with zero attached hydrogens (tertiary/aromatic N) is 1. The summed E-state index contributed by atoms with van der Waals surface area (Å²) in [6.45, 7) is 0. The van der Waals surface area contributed by atoms with Crippen LogP contribution in [0.1, 0.15) is 12.8 Å². The lowest BCUT2D eigenvalue weighted by atomic mass is 10.4. The topological polar surface area (TPSA) is 124 Å². The van der Waals surface area contributed by atoms with Crippen LogP contribution in [-0.4, -0.2) is 25.5 Å². The molecule has 1 aliphatic rings. The fourth-order valence-electron chi connectivity index (χ4n) is 0.565. The molecule has 0 spiro atoms. The quantitative estimate of drug-likeness (QED) is 0.260. The van der Waals surface area contributed by atoms with Crippen LogP contribution in [0.5, 0.6) is 0 Å². The Morgan fingerprint density at radius 1 is 1.25 bits per heavy atom. The molecule has 1 saturated heterocycles. The Bertz CT molecular complexity index is 164. The predicted octanol–water partition coefficient (Wildman–Crippen LogP) is -6.41. The van der Waals surface area contributed by atoms with E-state index in [2.05, 4.69) is 0 Å². The van der Waals surface area contributed by atoms with Crippen LogP contribution in [0.2, 0.25) is 0 Å². The lowest BCUT2D eigenvalue weighted by molar-refractivity contribution is -1.63. The molecule has 0 aromatic carbocycles. The monoisotopic (exact) mass is 291 g/mol. The van der Waals surface area contributed by atoms with Crippen molar-refractivity contribution < 1.29 is 46.2 Å². The van der Waals surface area contributed by atoms with Crippen molar-refractivity contribution in [2.45, 2.75) is 12.8 Å². The van der Waals surface area contributed by atoms with Gasteiger partial charge < -0.3 is 6.87 Å². The van der Waals surface area contributed by atoms with Gasteiger partial charge in [0.25, 0.3) is 11.8 Å². The van der Waals surface area contributed by atoms with Crippen molar-refractivity contribution in [3.8, 4) is 0 Å². The van der Waals surface area contributed by atoms with Crippen molar-refractivity contribution in [3.05, 3.63) is 0 Å². The summed E-state index contributed by atoms with van der Waals surface area (Å²) >= 11 is -3.76. The van der Waals surface area contributed by atoms with Gasteiger partial charge >= 0.3 is 21.1 Å². The molecule has 70 valence electrons. The van der Waals surface area contributed by atoms with Crippen molar-refractivity contribution in [1.29, 1.82) is 0 Å². The average Bonchev–Trinajstić information content (AvgIpc) is 2.19. The SMILES string of the molecule is O=C1CCC(=O)N1O.[O-][I+2]([O-])O. The zero-order chi connectivity index (χ0) is 9.72. The van der Waals surface area contributed by atoms with E-state index in [9.17, 15) is 9.59 Å². The van der Waals surface area contributed by atoms with Crippen LogP contribution in [-0.2, 0) is 9.59 Å². The molecule has 0 aromatic heterocycles. The Morgan fingerprint density at radius 3 is 1.58 bits per heavy atom. The smallest absolute Gasteiger partial charge is 0.396 e. The van der Waals surface area contributed by atoms with E-state index < -0.39 is 32.9 Å². The molecule has 1 rings (SSSR count). The summed E-state index contributed by atoms with van der Waals surface area (Å²) in [5.74, 6) is -1.01. The summed E-state index contributed by atoms with van der Waals surface area (Å²) in [6, 6.07) is 0. The third kappa shape index (κ3) is 4.56. The molecule has 0 unspecified atom stereocenters. The third-order valence-corrected chi connectivity index (χ3v) is 1.03. The van der Waals surface area contributed by atoms with Crippen LogP contribution in [0.3, 0.4) is 0 Å². The first-order valence-corrected chi connectivity index (χ1v) is 5.47. The molecule has 7 nitrogen and oxygen atoms in total. The second kappa shape index (κ2) is 5.37. The van der Waals surface area contributed by atoms with Gasteiger partial charge in [0.2, 0.25) is 0 Å². The zero-order valence-corrected chi connectivity index (χ0v) is 7.92. The molecule has 2 N–H and O–H groups in total. The van der Waals surface area contributed by atoms with Gasteiger partial charge in [0.05, 0.1) is 0 Å². The molecule has 0 saturated carbocycles. The molecule has 12 heavy (non-hydrogen) atoms. The van der Waals surface area contributed by atoms with Crippen LogP contribution in [0.25, 0.3) is 0 Å². The Kier molecular flexibility index (Phi) is 5.24. The van der Waals surface area contributed by atoms with Crippen molar-refractivity contribution in [3.63, 3.8) is 0 Å². The lowest BCUT2D eigenvalue weighted by Gasteiger charge is -1.98. The van der Waals surface area contributed by atoms with Gasteiger partial charge in [-0.15, -0.1) is 0 Å². The number of halogens is 1. The van der Waals surface area contributed by atoms with Gasteiger partial charge in [0.1, 0.15) is 0 Å². The highest BCUT2D eigenvalue weighted by molar-refractivity contribution is 6.00. The fourth-order valence-corrected chi connectivity index (χ4v) is 0.565. The van der Waals surface area contributed by atoms with Crippen molar-refractivity contribution in [2.75, 3.05) is 0 Å². The molecule has 0 radical (unpaired) electrons. The molecule has 0 bridgehead atoms. The number of hydrogen-bond donors (Lipinski definition) is 2. The molecule has 8 heteroatoms. The maximum atomic E-state index is 10.2. The Morgan fingerprint density at radius 2 is 1.50 bits per heavy atom. The highest BCUT2D eigenvalue weighted by atomic mass is 127. The van der Waals surface area contributed by atoms with Gasteiger partial charge in [0, 0.05) is 12.8 Å². The summed E-state index contributed by atoms with van der Waals surface area (Å²) in [7, 11) is 0. The normalized spacial score (nSPS) is 16.6. The van der Waals surface area contributed by atoms with E-state index in [0.29, 0.717) is 0 Å². The number of hydroxylamine groups is 2. The molecule has 2 amide bonds. The van der Waals surface area contributed by atoms with E-state index in [0.717, 1.165) is 0 Å². The summed E-state index contributed by atoms with van der Waals surface area (Å²) in [5, 5.41) is 8.57. The van der Waals surface area contributed by atoms with E-state index in [4.69, 9.17) is 15.5 Å². The van der Waals surface area contributed by atoms with Gasteiger partial charge in [-0.2, -0.15) is 5.06 Å². The minimum atomic E-state index is -3.76. The first-order chi connectivity index (χ1) is 5.45. The summed E-state index contributed by atoms with van der Waals surface area (Å²) in [5.41, 5.74) is 0. The molecule has 0 aromatic rings. The van der Waals surface area contributed by atoms with Crippen molar-refractivity contribution >= 4 is 11.8 Å². The van der Waals surface area contributed by atoms with Crippen LogP contribution >= 0.6 is 0 Å². The van der Waals surface area contributed by atoms with Crippen LogP contribution < -0.4 is 27.9 Å². The predicted molar refractivity (Wildman–Crippen MR) is 25.1 cm³/mol. The highest BCUT2D eigenvalue weighted by Crippen LogP contribution is 2.06.